The molecule has 1 atom stereocenters. The van der Waals surface area contributed by atoms with Crippen molar-refractivity contribution in [3.8, 4) is 0 Å². The Balaban J connectivity index is 2.28. The van der Waals surface area contributed by atoms with E-state index in [2.05, 4.69) is 59.4 Å². The molecule has 2 aromatic carbocycles. The van der Waals surface area contributed by atoms with Gasteiger partial charge in [-0.25, -0.2) is 0 Å². The Kier molecular flexibility index (Phi) is 5.25. The average Bonchev–Trinajstić information content (AvgIpc) is 2.43. The Morgan fingerprint density at radius 3 is 2.55 bits per heavy atom. The number of rotatable bonds is 4. The number of likely N-dealkylation sites (N-methyl/N-ethyl adjacent to an activating group) is 1. The van der Waals surface area contributed by atoms with Crippen molar-refractivity contribution in [1.29, 1.82) is 0 Å². The molecule has 0 aliphatic rings. The quantitative estimate of drug-likeness (QED) is 0.795. The summed E-state index contributed by atoms with van der Waals surface area (Å²) in [6.45, 7) is 4.29. The zero-order chi connectivity index (χ0) is 14.7. The second-order valence-corrected chi connectivity index (χ2v) is 6.34. The number of nitrogens with one attached hydrogen (secondary N) is 1. The van der Waals surface area contributed by atoms with Gasteiger partial charge in [0.25, 0.3) is 0 Å². The van der Waals surface area contributed by atoms with Crippen LogP contribution in [0.3, 0.4) is 0 Å². The molecule has 0 saturated carbocycles. The Bertz CT molecular complexity index is 610. The molecule has 0 bridgehead atoms. The van der Waals surface area contributed by atoms with Crippen molar-refractivity contribution >= 4 is 27.5 Å². The van der Waals surface area contributed by atoms with Gasteiger partial charge in [0.15, 0.2) is 0 Å². The SMILES string of the molecule is CNC(Cc1ccc(C)c(C)c1)c1cccc(Br)c1Cl. The lowest BCUT2D eigenvalue weighted by molar-refractivity contribution is 0.592. The Hall–Kier alpha value is -0.830. The van der Waals surface area contributed by atoms with Crippen LogP contribution in [0.1, 0.15) is 28.3 Å². The summed E-state index contributed by atoms with van der Waals surface area (Å²) in [6, 6.07) is 12.9. The Morgan fingerprint density at radius 2 is 1.90 bits per heavy atom. The maximum Gasteiger partial charge on any atom is 0.0595 e. The van der Waals surface area contributed by atoms with Crippen LogP contribution < -0.4 is 5.32 Å². The number of benzene rings is 2. The van der Waals surface area contributed by atoms with Gasteiger partial charge in [0.2, 0.25) is 0 Å². The van der Waals surface area contributed by atoms with Crippen LogP contribution in [0.2, 0.25) is 5.02 Å². The molecule has 3 heteroatoms. The second kappa shape index (κ2) is 6.75. The first-order chi connectivity index (χ1) is 9.52. The molecule has 0 aliphatic carbocycles. The van der Waals surface area contributed by atoms with Gasteiger partial charge >= 0.3 is 0 Å². The fraction of sp³-hybridized carbons (Fsp3) is 0.294. The minimum atomic E-state index is 0.210. The monoisotopic (exact) mass is 351 g/mol. The molecular formula is C17H19BrClN. The number of aryl methyl sites for hydroxylation is 2. The molecule has 0 spiro atoms. The molecule has 0 heterocycles. The molecule has 0 saturated heterocycles. The largest absolute Gasteiger partial charge is 0.313 e. The molecule has 0 radical (unpaired) electrons. The summed E-state index contributed by atoms with van der Waals surface area (Å²) in [5, 5.41) is 4.15. The summed E-state index contributed by atoms with van der Waals surface area (Å²) in [6.07, 6.45) is 0.924. The third-order valence-corrected chi connectivity index (χ3v) is 5.03. The van der Waals surface area contributed by atoms with Gasteiger partial charge in [-0.3, -0.25) is 0 Å². The Morgan fingerprint density at radius 1 is 1.15 bits per heavy atom. The molecule has 1 N–H and O–H groups in total. The van der Waals surface area contributed by atoms with E-state index >= 15 is 0 Å². The predicted octanol–water partition coefficient (Wildman–Crippen LogP) is 5.22. The maximum absolute atomic E-state index is 6.40. The van der Waals surface area contributed by atoms with E-state index in [1.807, 2.05) is 19.2 Å². The van der Waals surface area contributed by atoms with Crippen LogP contribution in [-0.4, -0.2) is 7.05 Å². The van der Waals surface area contributed by atoms with E-state index in [1.165, 1.54) is 16.7 Å². The van der Waals surface area contributed by atoms with Crippen molar-refractivity contribution < 1.29 is 0 Å². The van der Waals surface area contributed by atoms with E-state index in [9.17, 15) is 0 Å². The summed E-state index contributed by atoms with van der Waals surface area (Å²) < 4.78 is 0.942. The molecule has 0 aliphatic heterocycles. The van der Waals surface area contributed by atoms with Crippen LogP contribution >= 0.6 is 27.5 Å². The van der Waals surface area contributed by atoms with Gasteiger partial charge in [0.05, 0.1) is 5.02 Å². The van der Waals surface area contributed by atoms with Crippen molar-refractivity contribution in [2.75, 3.05) is 7.05 Å². The van der Waals surface area contributed by atoms with Crippen LogP contribution in [0.25, 0.3) is 0 Å². The molecule has 1 unspecified atom stereocenters. The van der Waals surface area contributed by atoms with Gasteiger partial charge in [0.1, 0.15) is 0 Å². The lowest BCUT2D eigenvalue weighted by atomic mass is 9.96. The molecule has 0 amide bonds. The van der Waals surface area contributed by atoms with Crippen molar-refractivity contribution in [2.45, 2.75) is 26.3 Å². The smallest absolute Gasteiger partial charge is 0.0595 e. The minimum Gasteiger partial charge on any atom is -0.313 e. The number of hydrogen-bond acceptors (Lipinski definition) is 1. The van der Waals surface area contributed by atoms with Gasteiger partial charge in [0, 0.05) is 10.5 Å². The van der Waals surface area contributed by atoms with E-state index in [0.29, 0.717) is 0 Å². The highest BCUT2D eigenvalue weighted by Crippen LogP contribution is 2.31. The molecule has 2 rings (SSSR count). The van der Waals surface area contributed by atoms with Crippen molar-refractivity contribution in [1.82, 2.24) is 5.32 Å². The van der Waals surface area contributed by atoms with Crippen LogP contribution in [0.4, 0.5) is 0 Å². The fourth-order valence-electron chi connectivity index (χ4n) is 2.32. The van der Waals surface area contributed by atoms with Crippen LogP contribution in [0.15, 0.2) is 40.9 Å². The van der Waals surface area contributed by atoms with Crippen LogP contribution in [-0.2, 0) is 6.42 Å². The molecule has 1 nitrogen and oxygen atoms in total. The first-order valence-electron chi connectivity index (χ1n) is 6.70. The normalized spacial score (nSPS) is 12.4. The second-order valence-electron chi connectivity index (χ2n) is 5.11. The third-order valence-electron chi connectivity index (χ3n) is 3.72. The zero-order valence-electron chi connectivity index (χ0n) is 12.0. The van der Waals surface area contributed by atoms with Gasteiger partial charge < -0.3 is 5.32 Å². The van der Waals surface area contributed by atoms with E-state index in [-0.39, 0.29) is 6.04 Å². The van der Waals surface area contributed by atoms with E-state index in [1.54, 1.807) is 0 Å². The van der Waals surface area contributed by atoms with E-state index in [0.717, 1.165) is 21.5 Å². The lowest BCUT2D eigenvalue weighted by Gasteiger charge is -2.19. The summed E-state index contributed by atoms with van der Waals surface area (Å²) in [4.78, 5) is 0. The molecular weight excluding hydrogens is 334 g/mol. The highest BCUT2D eigenvalue weighted by Gasteiger charge is 2.15. The minimum absolute atomic E-state index is 0.210. The van der Waals surface area contributed by atoms with E-state index < -0.39 is 0 Å². The predicted molar refractivity (Wildman–Crippen MR) is 90.6 cm³/mol. The van der Waals surface area contributed by atoms with Crippen molar-refractivity contribution in [3.63, 3.8) is 0 Å². The van der Waals surface area contributed by atoms with E-state index in [4.69, 9.17) is 11.6 Å². The summed E-state index contributed by atoms with van der Waals surface area (Å²) >= 11 is 9.89. The summed E-state index contributed by atoms with van der Waals surface area (Å²) in [5.74, 6) is 0. The fourth-order valence-corrected chi connectivity index (χ4v) is 2.96. The first-order valence-corrected chi connectivity index (χ1v) is 7.87. The van der Waals surface area contributed by atoms with Gasteiger partial charge in [-0.1, -0.05) is 41.9 Å². The van der Waals surface area contributed by atoms with Crippen LogP contribution in [0.5, 0.6) is 0 Å². The number of halogens is 2. The number of hydrogen-bond donors (Lipinski definition) is 1. The standard InChI is InChI=1S/C17H19BrClN/c1-11-7-8-13(9-12(11)2)10-16(20-3)14-5-4-6-15(18)17(14)19/h4-9,16,20H,10H2,1-3H3. The third kappa shape index (κ3) is 3.43. The molecule has 106 valence electrons. The summed E-state index contributed by atoms with van der Waals surface area (Å²) in [5.41, 5.74) is 5.11. The molecule has 0 fully saturated rings. The Labute approximate surface area is 134 Å². The van der Waals surface area contributed by atoms with Crippen molar-refractivity contribution in [2.24, 2.45) is 0 Å². The summed E-state index contributed by atoms with van der Waals surface area (Å²) in [7, 11) is 1.98. The van der Waals surface area contributed by atoms with Gasteiger partial charge in [-0.2, -0.15) is 0 Å². The van der Waals surface area contributed by atoms with Gasteiger partial charge in [-0.15, -0.1) is 0 Å². The molecule has 20 heavy (non-hydrogen) atoms. The van der Waals surface area contributed by atoms with Crippen molar-refractivity contribution in [3.05, 3.63) is 68.1 Å². The first kappa shape index (κ1) is 15.6. The zero-order valence-corrected chi connectivity index (χ0v) is 14.3. The van der Waals surface area contributed by atoms with Gasteiger partial charge in [-0.05, 0) is 71.6 Å². The topological polar surface area (TPSA) is 12.0 Å². The lowest BCUT2D eigenvalue weighted by Crippen LogP contribution is -2.19. The molecule has 2 aromatic rings. The molecule has 0 aromatic heterocycles. The van der Waals surface area contributed by atoms with Crippen LogP contribution in [0, 0.1) is 13.8 Å². The highest BCUT2D eigenvalue weighted by atomic mass is 79.9. The average molecular weight is 353 g/mol. The maximum atomic E-state index is 6.40. The highest BCUT2D eigenvalue weighted by molar-refractivity contribution is 9.10.